The zero-order valence-electron chi connectivity index (χ0n) is 13.2. The molecular weight excluding hydrogens is 345 g/mol. The highest BCUT2D eigenvalue weighted by Crippen LogP contribution is 2.33. The summed E-state index contributed by atoms with van der Waals surface area (Å²) in [4.78, 5) is 14.2. The Balaban J connectivity index is 2.54. The fourth-order valence-electron chi connectivity index (χ4n) is 2.23. The molecule has 1 aromatic rings. The molecule has 0 atom stereocenters. The van der Waals surface area contributed by atoms with Gasteiger partial charge in [-0.05, 0) is 39.8 Å². The van der Waals surface area contributed by atoms with Crippen LogP contribution in [-0.4, -0.2) is 36.1 Å². The molecule has 0 saturated heterocycles. The monoisotopic (exact) mass is 365 g/mol. The highest BCUT2D eigenvalue weighted by Gasteiger charge is 2.14. The number of carbonyl (C=O) groups excluding carboxylic acids is 1. The summed E-state index contributed by atoms with van der Waals surface area (Å²) in [5.74, 6) is 0. The molecule has 0 heterocycles. The minimum absolute atomic E-state index is 0.304. The second-order valence-electron chi connectivity index (χ2n) is 5.55. The van der Waals surface area contributed by atoms with Crippen LogP contribution in [0.25, 0.3) is 0 Å². The fraction of sp³-hybridized carbons (Fsp3) is 0.533. The van der Waals surface area contributed by atoms with E-state index in [2.05, 4.69) is 43.2 Å². The summed E-state index contributed by atoms with van der Waals surface area (Å²) in [6, 6.07) is 3.56. The molecule has 0 bridgehead atoms. The van der Waals surface area contributed by atoms with Crippen molar-refractivity contribution in [2.75, 3.05) is 18.4 Å². The number of urea groups is 1. The van der Waals surface area contributed by atoms with Crippen molar-refractivity contribution in [3.05, 3.63) is 27.2 Å². The lowest BCUT2D eigenvalue weighted by Crippen LogP contribution is -2.43. The van der Waals surface area contributed by atoms with Crippen LogP contribution < -0.4 is 10.6 Å². The number of carbonyl (C=O) groups is 1. The van der Waals surface area contributed by atoms with E-state index >= 15 is 0 Å². The maximum atomic E-state index is 11.9. The van der Waals surface area contributed by atoms with Crippen molar-refractivity contribution in [2.24, 2.45) is 0 Å². The van der Waals surface area contributed by atoms with Gasteiger partial charge in [0.1, 0.15) is 0 Å². The zero-order chi connectivity index (χ0) is 16.9. The number of nitrogens with zero attached hydrogens (tertiary/aromatic N) is 1. The second kappa shape index (κ2) is 8.82. The summed E-state index contributed by atoms with van der Waals surface area (Å²) in [6.07, 6.45) is 0. The van der Waals surface area contributed by atoms with E-state index in [9.17, 15) is 4.79 Å². The third-order valence-corrected chi connectivity index (χ3v) is 4.04. The van der Waals surface area contributed by atoms with E-state index in [1.165, 1.54) is 12.1 Å². The molecule has 0 aliphatic carbocycles. The summed E-state index contributed by atoms with van der Waals surface area (Å²) in [6.45, 7) is 9.83. The molecule has 0 saturated carbocycles. The minimum atomic E-state index is -0.349. The molecule has 1 rings (SSSR count). The Bertz CT molecular complexity index is 490. The van der Waals surface area contributed by atoms with Gasteiger partial charge in [-0.2, -0.15) is 0 Å². The number of hydrogen-bond donors (Lipinski definition) is 2. The average molecular weight is 367 g/mol. The van der Waals surface area contributed by atoms with Gasteiger partial charge in [-0.3, -0.25) is 4.90 Å². The number of anilines is 1. The molecule has 0 aliphatic rings. The van der Waals surface area contributed by atoms with Crippen molar-refractivity contribution in [1.82, 2.24) is 10.2 Å². The van der Waals surface area contributed by atoms with Crippen LogP contribution in [0.3, 0.4) is 0 Å². The lowest BCUT2D eigenvalue weighted by molar-refractivity contribution is 0.176. The molecule has 4 nitrogen and oxygen atoms in total. The Kier molecular flexibility index (Phi) is 7.77. The van der Waals surface area contributed by atoms with E-state index in [1.54, 1.807) is 0 Å². The third kappa shape index (κ3) is 5.84. The van der Waals surface area contributed by atoms with Crippen LogP contribution in [-0.2, 0) is 0 Å². The molecule has 0 spiro atoms. The van der Waals surface area contributed by atoms with Crippen molar-refractivity contribution in [3.8, 4) is 0 Å². The summed E-state index contributed by atoms with van der Waals surface area (Å²) >= 11 is 17.9. The first-order valence-electron chi connectivity index (χ1n) is 7.17. The zero-order valence-corrected chi connectivity index (χ0v) is 15.5. The molecule has 2 amide bonds. The Hall–Kier alpha value is -0.680. The quantitative estimate of drug-likeness (QED) is 0.753. The Morgan fingerprint density at radius 1 is 1.09 bits per heavy atom. The summed E-state index contributed by atoms with van der Waals surface area (Å²) in [5, 5.41) is 6.48. The molecular formula is C15H22Cl3N3O. The first-order chi connectivity index (χ1) is 10.2. The molecule has 2 N–H and O–H groups in total. The molecule has 0 fully saturated rings. The van der Waals surface area contributed by atoms with Crippen molar-refractivity contribution >= 4 is 46.5 Å². The van der Waals surface area contributed by atoms with Gasteiger partial charge in [-0.1, -0.05) is 34.8 Å². The second-order valence-corrected chi connectivity index (χ2v) is 6.80. The van der Waals surface area contributed by atoms with Gasteiger partial charge in [0, 0.05) is 30.2 Å². The SMILES string of the molecule is CC(C)N(CCNC(=O)Nc1c(Cl)cc(Cl)cc1Cl)C(C)C. The molecule has 0 aliphatic heterocycles. The van der Waals surface area contributed by atoms with E-state index < -0.39 is 0 Å². The molecule has 0 aromatic heterocycles. The maximum absolute atomic E-state index is 11.9. The van der Waals surface area contributed by atoms with Crippen molar-refractivity contribution in [1.29, 1.82) is 0 Å². The smallest absolute Gasteiger partial charge is 0.319 e. The van der Waals surface area contributed by atoms with E-state index in [4.69, 9.17) is 34.8 Å². The van der Waals surface area contributed by atoms with Crippen LogP contribution in [0, 0.1) is 0 Å². The van der Waals surface area contributed by atoms with Crippen LogP contribution in [0.2, 0.25) is 15.1 Å². The first kappa shape index (κ1) is 19.4. The van der Waals surface area contributed by atoms with Crippen molar-refractivity contribution in [3.63, 3.8) is 0 Å². The Labute approximate surface area is 147 Å². The van der Waals surface area contributed by atoms with Gasteiger partial charge in [0.05, 0.1) is 15.7 Å². The normalized spacial score (nSPS) is 11.4. The molecule has 22 heavy (non-hydrogen) atoms. The topological polar surface area (TPSA) is 44.4 Å². The largest absolute Gasteiger partial charge is 0.337 e. The fourth-order valence-corrected chi connectivity index (χ4v) is 3.14. The van der Waals surface area contributed by atoms with Gasteiger partial charge in [-0.25, -0.2) is 4.79 Å². The van der Waals surface area contributed by atoms with Gasteiger partial charge < -0.3 is 10.6 Å². The van der Waals surface area contributed by atoms with Gasteiger partial charge in [-0.15, -0.1) is 0 Å². The Morgan fingerprint density at radius 2 is 1.59 bits per heavy atom. The highest BCUT2D eigenvalue weighted by atomic mass is 35.5. The number of hydrogen-bond acceptors (Lipinski definition) is 2. The van der Waals surface area contributed by atoms with Crippen LogP contribution in [0.1, 0.15) is 27.7 Å². The highest BCUT2D eigenvalue weighted by molar-refractivity contribution is 6.42. The third-order valence-electron chi connectivity index (χ3n) is 3.23. The van der Waals surface area contributed by atoms with E-state index in [0.29, 0.717) is 39.4 Å². The van der Waals surface area contributed by atoms with Crippen LogP contribution in [0.15, 0.2) is 12.1 Å². The summed E-state index contributed by atoms with van der Waals surface area (Å²) < 4.78 is 0. The predicted molar refractivity (Wildman–Crippen MR) is 95.5 cm³/mol. The maximum Gasteiger partial charge on any atom is 0.319 e. The van der Waals surface area contributed by atoms with Crippen molar-refractivity contribution in [2.45, 2.75) is 39.8 Å². The Morgan fingerprint density at radius 3 is 2.05 bits per heavy atom. The first-order valence-corrected chi connectivity index (χ1v) is 8.31. The van der Waals surface area contributed by atoms with Gasteiger partial charge in [0.2, 0.25) is 0 Å². The molecule has 0 radical (unpaired) electrons. The van der Waals surface area contributed by atoms with Crippen LogP contribution in [0.5, 0.6) is 0 Å². The molecule has 7 heteroatoms. The predicted octanol–water partition coefficient (Wildman–Crippen LogP) is 4.89. The lowest BCUT2D eigenvalue weighted by Gasteiger charge is -2.30. The minimum Gasteiger partial charge on any atom is -0.337 e. The standard InChI is InChI=1S/C15H22Cl3N3O/c1-9(2)21(10(3)4)6-5-19-15(22)20-14-12(17)7-11(16)8-13(14)18/h7-10H,5-6H2,1-4H3,(H2,19,20,22). The van der Waals surface area contributed by atoms with Gasteiger partial charge in [0.25, 0.3) is 0 Å². The lowest BCUT2D eigenvalue weighted by atomic mass is 10.2. The van der Waals surface area contributed by atoms with Crippen LogP contribution in [0.4, 0.5) is 10.5 Å². The molecule has 1 aromatic carbocycles. The van der Waals surface area contributed by atoms with Gasteiger partial charge in [0.15, 0.2) is 0 Å². The molecule has 0 unspecified atom stereocenters. The van der Waals surface area contributed by atoms with Gasteiger partial charge >= 0.3 is 6.03 Å². The number of halogens is 3. The number of rotatable bonds is 6. The average Bonchev–Trinajstić information content (AvgIpc) is 2.37. The van der Waals surface area contributed by atoms with Crippen LogP contribution >= 0.6 is 34.8 Å². The van der Waals surface area contributed by atoms with E-state index in [-0.39, 0.29) is 6.03 Å². The van der Waals surface area contributed by atoms with E-state index in [1.807, 2.05) is 0 Å². The molecule has 124 valence electrons. The number of amides is 2. The van der Waals surface area contributed by atoms with E-state index in [0.717, 1.165) is 6.54 Å². The van der Waals surface area contributed by atoms with Crippen molar-refractivity contribution < 1.29 is 4.79 Å². The summed E-state index contributed by atoms with van der Waals surface area (Å²) in [7, 11) is 0. The number of benzene rings is 1. The number of nitrogens with one attached hydrogen (secondary N) is 2. The summed E-state index contributed by atoms with van der Waals surface area (Å²) in [5.41, 5.74) is 0.356.